The molecule has 8 heteroatoms. The Morgan fingerprint density at radius 2 is 2.10 bits per heavy atom. The summed E-state index contributed by atoms with van der Waals surface area (Å²) in [5, 5.41) is 8.87. The number of carbonyl (C=O) groups is 1. The molecule has 0 aliphatic carbocycles. The molecular formula is C12H18N2O5S. The average Bonchev–Trinajstić information content (AvgIpc) is 2.75. The molecule has 1 N–H and O–H groups in total. The van der Waals surface area contributed by atoms with E-state index in [0.717, 1.165) is 6.07 Å². The molecule has 1 fully saturated rings. The number of rotatable bonds is 3. The first-order chi connectivity index (χ1) is 9.23. The number of piperazine rings is 1. The third kappa shape index (κ3) is 2.58. The average molecular weight is 302 g/mol. The van der Waals surface area contributed by atoms with Crippen LogP contribution >= 0.6 is 0 Å². The molecule has 112 valence electrons. The highest BCUT2D eigenvalue weighted by atomic mass is 32.2. The van der Waals surface area contributed by atoms with Crippen molar-refractivity contribution in [3.05, 3.63) is 17.6 Å². The van der Waals surface area contributed by atoms with Gasteiger partial charge in [-0.15, -0.1) is 0 Å². The Morgan fingerprint density at radius 3 is 2.60 bits per heavy atom. The van der Waals surface area contributed by atoms with Gasteiger partial charge in [0.2, 0.25) is 15.8 Å². The van der Waals surface area contributed by atoms with Gasteiger partial charge in [-0.05, 0) is 20.9 Å². The quantitative estimate of drug-likeness (QED) is 0.879. The first-order valence-corrected chi connectivity index (χ1v) is 7.71. The van der Waals surface area contributed by atoms with Gasteiger partial charge < -0.3 is 14.4 Å². The molecule has 0 saturated carbocycles. The Hall–Kier alpha value is -1.38. The summed E-state index contributed by atoms with van der Waals surface area (Å²) in [5.74, 6) is -1.53. The lowest BCUT2D eigenvalue weighted by molar-refractivity contribution is 0.0661. The number of hydrogen-bond donors (Lipinski definition) is 1. The lowest BCUT2D eigenvalue weighted by atomic mass is 10.2. The number of furan rings is 1. The van der Waals surface area contributed by atoms with Crippen molar-refractivity contribution >= 4 is 16.0 Å². The predicted octanol–water partition coefficient (Wildman–Crippen LogP) is 0.611. The van der Waals surface area contributed by atoms with Crippen LogP contribution in [-0.4, -0.2) is 61.4 Å². The van der Waals surface area contributed by atoms with E-state index in [1.54, 1.807) is 0 Å². The van der Waals surface area contributed by atoms with Gasteiger partial charge in [-0.25, -0.2) is 13.2 Å². The molecule has 2 heterocycles. The molecular weight excluding hydrogens is 284 g/mol. The highest BCUT2D eigenvalue weighted by Gasteiger charge is 2.33. The van der Waals surface area contributed by atoms with E-state index in [1.807, 2.05) is 14.0 Å². The maximum atomic E-state index is 12.6. The number of carboxylic acids is 1. The summed E-state index contributed by atoms with van der Waals surface area (Å²) in [6.07, 6.45) is 0. The lowest BCUT2D eigenvalue weighted by Gasteiger charge is -2.36. The molecule has 1 saturated heterocycles. The van der Waals surface area contributed by atoms with Crippen molar-refractivity contribution in [1.29, 1.82) is 0 Å². The first kappa shape index (κ1) is 15.0. The van der Waals surface area contributed by atoms with Crippen LogP contribution in [0.5, 0.6) is 0 Å². The fourth-order valence-electron chi connectivity index (χ4n) is 2.20. The van der Waals surface area contributed by atoms with E-state index in [4.69, 9.17) is 9.52 Å². The smallest absolute Gasteiger partial charge is 0.371 e. The van der Waals surface area contributed by atoms with E-state index in [2.05, 4.69) is 4.90 Å². The summed E-state index contributed by atoms with van der Waals surface area (Å²) < 4.78 is 31.5. The minimum atomic E-state index is -3.71. The Bertz CT molecular complexity index is 622. The molecule has 1 aromatic rings. The van der Waals surface area contributed by atoms with Gasteiger partial charge in [0.25, 0.3) is 0 Å². The van der Waals surface area contributed by atoms with Gasteiger partial charge in [-0.1, -0.05) is 0 Å². The summed E-state index contributed by atoms with van der Waals surface area (Å²) in [7, 11) is -1.77. The Kier molecular flexibility index (Phi) is 3.90. The molecule has 20 heavy (non-hydrogen) atoms. The maximum absolute atomic E-state index is 12.6. The summed E-state index contributed by atoms with van der Waals surface area (Å²) in [6, 6.07) is 1.19. The molecule has 2 rings (SSSR count). The normalized spacial score (nSPS) is 22.1. The van der Waals surface area contributed by atoms with E-state index in [0.29, 0.717) is 19.6 Å². The van der Waals surface area contributed by atoms with Gasteiger partial charge in [0.15, 0.2) is 0 Å². The highest BCUT2D eigenvalue weighted by molar-refractivity contribution is 7.89. The van der Waals surface area contributed by atoms with Gasteiger partial charge in [0, 0.05) is 31.7 Å². The van der Waals surface area contributed by atoms with Gasteiger partial charge in [-0.2, -0.15) is 4.31 Å². The zero-order chi connectivity index (χ0) is 15.1. The molecule has 0 aromatic carbocycles. The monoisotopic (exact) mass is 302 g/mol. The van der Waals surface area contributed by atoms with Crippen molar-refractivity contribution in [2.75, 3.05) is 26.7 Å². The number of sulfonamides is 1. The fraction of sp³-hybridized carbons (Fsp3) is 0.583. The number of carboxylic acid groups (broad SMARTS) is 1. The van der Waals surface area contributed by atoms with Gasteiger partial charge in [-0.3, -0.25) is 0 Å². The van der Waals surface area contributed by atoms with Crippen LogP contribution in [0.3, 0.4) is 0 Å². The Balaban J connectivity index is 2.33. The van der Waals surface area contributed by atoms with Crippen LogP contribution in [0.25, 0.3) is 0 Å². The van der Waals surface area contributed by atoms with Crippen LogP contribution in [0.4, 0.5) is 0 Å². The third-order valence-electron chi connectivity index (χ3n) is 3.62. The van der Waals surface area contributed by atoms with Crippen molar-refractivity contribution in [3.63, 3.8) is 0 Å². The molecule has 1 aromatic heterocycles. The second-order valence-corrected chi connectivity index (χ2v) is 6.94. The molecule has 0 amide bonds. The highest BCUT2D eigenvalue weighted by Crippen LogP contribution is 2.25. The zero-order valence-corrected chi connectivity index (χ0v) is 12.5. The van der Waals surface area contributed by atoms with E-state index in [1.165, 1.54) is 11.2 Å². The number of hydrogen-bond acceptors (Lipinski definition) is 5. The van der Waals surface area contributed by atoms with Gasteiger partial charge >= 0.3 is 5.97 Å². The summed E-state index contributed by atoms with van der Waals surface area (Å²) in [5.41, 5.74) is 0. The van der Waals surface area contributed by atoms with Crippen LogP contribution < -0.4 is 0 Å². The number of aryl methyl sites for hydroxylation is 1. The third-order valence-corrected chi connectivity index (χ3v) is 5.60. The second kappa shape index (κ2) is 5.19. The molecule has 7 nitrogen and oxygen atoms in total. The molecule has 0 radical (unpaired) electrons. The maximum Gasteiger partial charge on any atom is 0.371 e. The van der Waals surface area contributed by atoms with E-state index in [-0.39, 0.29) is 22.5 Å². The SMILES string of the molecule is Cc1oc(C(=O)O)cc1S(=O)(=O)N1CCN(C)C(C)C1. The molecule has 1 unspecified atom stereocenters. The summed E-state index contributed by atoms with van der Waals surface area (Å²) in [4.78, 5) is 12.9. The van der Waals surface area contributed by atoms with E-state index < -0.39 is 16.0 Å². The number of aromatic carboxylic acids is 1. The predicted molar refractivity (Wildman–Crippen MR) is 71.3 cm³/mol. The van der Waals surface area contributed by atoms with Gasteiger partial charge in [0.1, 0.15) is 10.7 Å². The lowest BCUT2D eigenvalue weighted by Crippen LogP contribution is -2.51. The van der Waals surface area contributed by atoms with E-state index in [9.17, 15) is 13.2 Å². The molecule has 0 bridgehead atoms. The van der Waals surface area contributed by atoms with E-state index >= 15 is 0 Å². The van der Waals surface area contributed by atoms with Crippen molar-refractivity contribution in [2.24, 2.45) is 0 Å². The molecule has 1 aliphatic heterocycles. The largest absolute Gasteiger partial charge is 0.475 e. The van der Waals surface area contributed by atoms with Crippen molar-refractivity contribution < 1.29 is 22.7 Å². The molecule has 1 aliphatic rings. The van der Waals surface area contributed by atoms with Crippen molar-refractivity contribution in [1.82, 2.24) is 9.21 Å². The van der Waals surface area contributed by atoms with Crippen molar-refractivity contribution in [2.45, 2.75) is 24.8 Å². The zero-order valence-electron chi connectivity index (χ0n) is 11.7. The standard InChI is InChI=1S/C12H18N2O5S/c1-8-7-14(5-4-13(8)3)20(17,18)11-6-10(12(15)16)19-9(11)2/h6,8H,4-5,7H2,1-3H3,(H,15,16). The Labute approximate surface area is 117 Å². The van der Waals surface area contributed by atoms with Crippen LogP contribution in [0.15, 0.2) is 15.4 Å². The molecule has 1 atom stereocenters. The van der Waals surface area contributed by atoms with Crippen LogP contribution in [0, 0.1) is 6.92 Å². The minimum Gasteiger partial charge on any atom is -0.475 e. The molecule has 0 spiro atoms. The second-order valence-electron chi connectivity index (χ2n) is 5.03. The van der Waals surface area contributed by atoms with Crippen molar-refractivity contribution in [3.8, 4) is 0 Å². The number of nitrogens with zero attached hydrogens (tertiary/aromatic N) is 2. The van der Waals surface area contributed by atoms with Crippen LogP contribution in [0.1, 0.15) is 23.2 Å². The minimum absolute atomic E-state index is 0.0633. The Morgan fingerprint density at radius 1 is 1.45 bits per heavy atom. The summed E-state index contributed by atoms with van der Waals surface area (Å²) in [6.45, 7) is 4.82. The van der Waals surface area contributed by atoms with Crippen LogP contribution in [-0.2, 0) is 10.0 Å². The topological polar surface area (TPSA) is 91.1 Å². The van der Waals surface area contributed by atoms with Gasteiger partial charge in [0.05, 0.1) is 0 Å². The number of likely N-dealkylation sites (N-methyl/N-ethyl adjacent to an activating group) is 1. The fourth-order valence-corrected chi connectivity index (χ4v) is 3.87. The van der Waals surface area contributed by atoms with Crippen LogP contribution in [0.2, 0.25) is 0 Å². The first-order valence-electron chi connectivity index (χ1n) is 6.27. The summed E-state index contributed by atoms with van der Waals surface area (Å²) >= 11 is 0.